The van der Waals surface area contributed by atoms with Gasteiger partial charge in [0.2, 0.25) is 0 Å². The zero-order chi connectivity index (χ0) is 8.81. The molecule has 0 heteroatoms. The van der Waals surface area contributed by atoms with Crippen molar-refractivity contribution in [2.75, 3.05) is 0 Å². The second-order valence-corrected chi connectivity index (χ2v) is 3.25. The highest BCUT2D eigenvalue weighted by molar-refractivity contribution is 5.25. The van der Waals surface area contributed by atoms with Crippen LogP contribution in [0.2, 0.25) is 0 Å². The van der Waals surface area contributed by atoms with E-state index < -0.39 is 0 Å². The van der Waals surface area contributed by atoms with Gasteiger partial charge in [-0.15, -0.1) is 0 Å². The zero-order valence-corrected chi connectivity index (χ0v) is 7.88. The summed E-state index contributed by atoms with van der Waals surface area (Å²) < 4.78 is 0. The standard InChI is InChI=1S/C12H16/c1-11-7-3-5-9-12(2)10-6-4-8-11/h3-5,7-9H,6,10H2,1-2H3/b5-3+,8-4+,11-7-,12-9-. The molecule has 0 bridgehead atoms. The van der Waals surface area contributed by atoms with E-state index in [0.717, 1.165) is 6.42 Å². The number of hydrogen-bond donors (Lipinski definition) is 0. The Labute approximate surface area is 75.0 Å². The molecule has 1 aliphatic rings. The molecule has 1 rings (SSSR count). The summed E-state index contributed by atoms with van der Waals surface area (Å²) in [6.07, 6.45) is 15.3. The van der Waals surface area contributed by atoms with E-state index in [1.165, 1.54) is 17.6 Å². The molecule has 12 heavy (non-hydrogen) atoms. The summed E-state index contributed by atoms with van der Waals surface area (Å²) in [6, 6.07) is 0. The lowest BCUT2D eigenvalue weighted by Gasteiger charge is -1.97. The Hall–Kier alpha value is -1.04. The van der Waals surface area contributed by atoms with Crippen LogP contribution in [0.5, 0.6) is 0 Å². The monoisotopic (exact) mass is 160 g/mol. The molecule has 0 amide bonds. The minimum atomic E-state index is 1.15. The van der Waals surface area contributed by atoms with Crippen LogP contribution in [0.4, 0.5) is 0 Å². The normalized spacial score (nSPS) is 32.5. The van der Waals surface area contributed by atoms with E-state index >= 15 is 0 Å². The molecular weight excluding hydrogens is 144 g/mol. The SMILES string of the molecule is CC1=C/C=C/C=C(/C)CC\C=C\1. The van der Waals surface area contributed by atoms with E-state index in [1.807, 2.05) is 0 Å². The number of allylic oxidation sites excluding steroid dienone is 8. The second kappa shape index (κ2) is 4.76. The fourth-order valence-electron chi connectivity index (χ4n) is 1.15. The predicted octanol–water partition coefficient (Wildman–Crippen LogP) is 3.79. The van der Waals surface area contributed by atoms with Crippen LogP contribution in [-0.2, 0) is 0 Å². The third kappa shape index (κ3) is 3.38. The molecule has 0 heterocycles. The Morgan fingerprint density at radius 2 is 1.83 bits per heavy atom. The van der Waals surface area contributed by atoms with Gasteiger partial charge in [0, 0.05) is 0 Å². The van der Waals surface area contributed by atoms with Crippen molar-refractivity contribution >= 4 is 0 Å². The summed E-state index contributed by atoms with van der Waals surface area (Å²) in [7, 11) is 0. The molecule has 0 aromatic rings. The fourth-order valence-corrected chi connectivity index (χ4v) is 1.15. The van der Waals surface area contributed by atoms with Crippen molar-refractivity contribution in [1.82, 2.24) is 0 Å². The maximum Gasteiger partial charge on any atom is -0.0285 e. The maximum atomic E-state index is 2.24. The molecule has 0 spiro atoms. The third-order valence-corrected chi connectivity index (χ3v) is 1.94. The number of rotatable bonds is 0. The lowest BCUT2D eigenvalue weighted by atomic mass is 10.1. The van der Waals surface area contributed by atoms with Crippen LogP contribution in [0, 0.1) is 0 Å². The minimum Gasteiger partial charge on any atom is -0.0840 e. The molecule has 0 nitrogen and oxygen atoms in total. The molecule has 1 aliphatic carbocycles. The van der Waals surface area contributed by atoms with Crippen LogP contribution in [0.25, 0.3) is 0 Å². The van der Waals surface area contributed by atoms with Gasteiger partial charge in [0.05, 0.1) is 0 Å². The topological polar surface area (TPSA) is 0 Å². The summed E-state index contributed by atoms with van der Waals surface area (Å²) in [5.41, 5.74) is 2.77. The Morgan fingerprint density at radius 3 is 2.67 bits per heavy atom. The van der Waals surface area contributed by atoms with E-state index in [-0.39, 0.29) is 0 Å². The summed E-state index contributed by atoms with van der Waals surface area (Å²) >= 11 is 0. The average molecular weight is 160 g/mol. The number of hydrogen-bond acceptors (Lipinski definition) is 0. The van der Waals surface area contributed by atoms with Gasteiger partial charge in [-0.2, -0.15) is 0 Å². The van der Waals surface area contributed by atoms with Crippen molar-refractivity contribution in [3.63, 3.8) is 0 Å². The molecule has 0 N–H and O–H groups in total. The van der Waals surface area contributed by atoms with E-state index in [0.29, 0.717) is 0 Å². The van der Waals surface area contributed by atoms with Crippen molar-refractivity contribution in [2.24, 2.45) is 0 Å². The highest BCUT2D eigenvalue weighted by Crippen LogP contribution is 2.08. The molecule has 0 saturated carbocycles. The summed E-state index contributed by atoms with van der Waals surface area (Å²) in [4.78, 5) is 0. The van der Waals surface area contributed by atoms with Crippen LogP contribution in [0.15, 0.2) is 47.6 Å². The van der Waals surface area contributed by atoms with Crippen LogP contribution in [-0.4, -0.2) is 0 Å². The lowest BCUT2D eigenvalue weighted by Crippen LogP contribution is -1.76. The van der Waals surface area contributed by atoms with Crippen molar-refractivity contribution < 1.29 is 0 Å². The van der Waals surface area contributed by atoms with Crippen molar-refractivity contribution in [3.8, 4) is 0 Å². The molecule has 0 aliphatic heterocycles. The van der Waals surface area contributed by atoms with Gasteiger partial charge in [-0.25, -0.2) is 0 Å². The molecule has 0 aromatic carbocycles. The molecule has 0 aromatic heterocycles. The van der Waals surface area contributed by atoms with Crippen molar-refractivity contribution in [1.29, 1.82) is 0 Å². The van der Waals surface area contributed by atoms with Crippen molar-refractivity contribution in [3.05, 3.63) is 47.6 Å². The van der Waals surface area contributed by atoms with Gasteiger partial charge in [-0.3, -0.25) is 0 Å². The highest BCUT2D eigenvalue weighted by Gasteiger charge is 1.87. The first-order chi connectivity index (χ1) is 5.79. The molecular formula is C12H16. The summed E-state index contributed by atoms with van der Waals surface area (Å²) in [5, 5.41) is 0. The fraction of sp³-hybridized carbons (Fsp3) is 0.333. The Kier molecular flexibility index (Phi) is 3.59. The molecule has 64 valence electrons. The minimum absolute atomic E-state index is 1.15. The largest absolute Gasteiger partial charge is 0.0840 e. The van der Waals surface area contributed by atoms with Gasteiger partial charge >= 0.3 is 0 Å². The van der Waals surface area contributed by atoms with Gasteiger partial charge in [-0.05, 0) is 26.7 Å². The third-order valence-electron chi connectivity index (χ3n) is 1.94. The first kappa shape index (κ1) is 9.05. The molecule has 0 unspecified atom stereocenters. The second-order valence-electron chi connectivity index (χ2n) is 3.25. The molecule has 0 radical (unpaired) electrons. The smallest absolute Gasteiger partial charge is 0.0285 e. The summed E-state index contributed by atoms with van der Waals surface area (Å²) in [6.45, 7) is 4.30. The van der Waals surface area contributed by atoms with Gasteiger partial charge in [-0.1, -0.05) is 47.6 Å². The lowest BCUT2D eigenvalue weighted by molar-refractivity contribution is 0.976. The quantitative estimate of drug-likeness (QED) is 0.506. The first-order valence-electron chi connectivity index (χ1n) is 4.46. The van der Waals surface area contributed by atoms with Gasteiger partial charge in [0.1, 0.15) is 0 Å². The Balaban J connectivity index is 2.74. The Morgan fingerprint density at radius 1 is 1.08 bits per heavy atom. The average Bonchev–Trinajstić information content (AvgIpc) is 2.06. The predicted molar refractivity (Wildman–Crippen MR) is 55.0 cm³/mol. The zero-order valence-electron chi connectivity index (χ0n) is 7.88. The molecule has 0 saturated heterocycles. The van der Waals surface area contributed by atoms with Gasteiger partial charge in [0.25, 0.3) is 0 Å². The first-order valence-corrected chi connectivity index (χ1v) is 4.46. The van der Waals surface area contributed by atoms with E-state index in [9.17, 15) is 0 Å². The molecule has 0 fully saturated rings. The van der Waals surface area contributed by atoms with Crippen molar-refractivity contribution in [2.45, 2.75) is 26.7 Å². The van der Waals surface area contributed by atoms with Gasteiger partial charge < -0.3 is 0 Å². The highest BCUT2D eigenvalue weighted by atomic mass is 13.9. The maximum absolute atomic E-state index is 2.24. The van der Waals surface area contributed by atoms with Crippen LogP contribution in [0.3, 0.4) is 0 Å². The Bertz CT molecular complexity index is 249. The van der Waals surface area contributed by atoms with Gasteiger partial charge in [0.15, 0.2) is 0 Å². The van der Waals surface area contributed by atoms with E-state index in [4.69, 9.17) is 0 Å². The summed E-state index contributed by atoms with van der Waals surface area (Å²) in [5.74, 6) is 0. The molecule has 0 atom stereocenters. The van der Waals surface area contributed by atoms with Crippen LogP contribution in [0.1, 0.15) is 26.7 Å². The van der Waals surface area contributed by atoms with Crippen LogP contribution < -0.4 is 0 Å². The van der Waals surface area contributed by atoms with E-state index in [1.54, 1.807) is 0 Å². The van der Waals surface area contributed by atoms with Crippen LogP contribution >= 0.6 is 0 Å². The van der Waals surface area contributed by atoms with E-state index in [2.05, 4.69) is 50.3 Å².